The Morgan fingerprint density at radius 3 is 2.77 bits per heavy atom. The van der Waals surface area contributed by atoms with Crippen molar-refractivity contribution in [2.45, 2.75) is 31.8 Å². The Balaban J connectivity index is 1.66. The van der Waals surface area contributed by atoms with E-state index in [1.165, 1.54) is 4.31 Å². The molecule has 8 nitrogen and oxygen atoms in total. The van der Waals surface area contributed by atoms with Crippen molar-refractivity contribution < 1.29 is 22.7 Å². The van der Waals surface area contributed by atoms with Crippen molar-refractivity contribution in [3.8, 4) is 0 Å². The van der Waals surface area contributed by atoms with E-state index < -0.39 is 21.8 Å². The summed E-state index contributed by atoms with van der Waals surface area (Å²) in [5.74, 6) is -1.53. The van der Waals surface area contributed by atoms with Gasteiger partial charge in [0.25, 0.3) is 0 Å². The summed E-state index contributed by atoms with van der Waals surface area (Å²) in [5.41, 5.74) is 1.84. The number of ether oxygens (including phenoxy) is 1. The third-order valence-corrected chi connectivity index (χ3v) is 5.72. The molecule has 0 bridgehead atoms. The summed E-state index contributed by atoms with van der Waals surface area (Å²) in [6.07, 6.45) is 4.46. The van der Waals surface area contributed by atoms with Crippen LogP contribution in [0.15, 0.2) is 18.2 Å². The fraction of sp³-hybridized carbons (Fsp3) is 0.529. The van der Waals surface area contributed by atoms with Gasteiger partial charge >= 0.3 is 11.8 Å². The number of rotatable bonds is 4. The molecule has 2 aliphatic heterocycles. The van der Waals surface area contributed by atoms with Gasteiger partial charge in [-0.25, -0.2) is 8.42 Å². The van der Waals surface area contributed by atoms with Crippen molar-refractivity contribution in [1.82, 2.24) is 5.32 Å². The highest BCUT2D eigenvalue weighted by molar-refractivity contribution is 7.92. The number of anilines is 2. The average molecular weight is 381 g/mol. The predicted molar refractivity (Wildman–Crippen MR) is 97.6 cm³/mol. The molecule has 1 unspecified atom stereocenters. The van der Waals surface area contributed by atoms with Crippen LogP contribution in [0.1, 0.15) is 24.8 Å². The van der Waals surface area contributed by atoms with E-state index in [2.05, 4.69) is 10.6 Å². The Morgan fingerprint density at radius 2 is 2.08 bits per heavy atom. The van der Waals surface area contributed by atoms with Crippen LogP contribution in [0.5, 0.6) is 0 Å². The summed E-state index contributed by atoms with van der Waals surface area (Å²) >= 11 is 0. The standard InChI is InChI=1S/C17H23N3O5S/c1-26(23,24)20-8-2-4-12-6-7-13(10-15(12)20)19-17(22)16(21)18-11-14-5-3-9-25-14/h6-7,10,14H,2-5,8-9,11H2,1H3,(H,18,21)(H,19,22). The average Bonchev–Trinajstić information content (AvgIpc) is 3.11. The zero-order chi connectivity index (χ0) is 18.7. The number of sulfonamides is 1. The SMILES string of the molecule is CS(=O)(=O)N1CCCc2ccc(NC(=O)C(=O)NCC3CCCO3)cc21. The maximum atomic E-state index is 12.1. The number of benzene rings is 1. The Morgan fingerprint density at radius 1 is 1.27 bits per heavy atom. The largest absolute Gasteiger partial charge is 0.376 e. The highest BCUT2D eigenvalue weighted by Crippen LogP contribution is 2.31. The highest BCUT2D eigenvalue weighted by Gasteiger charge is 2.25. The van der Waals surface area contributed by atoms with Crippen molar-refractivity contribution in [1.29, 1.82) is 0 Å². The number of nitrogens with zero attached hydrogens (tertiary/aromatic N) is 1. The van der Waals surface area contributed by atoms with Crippen LogP contribution in [0.4, 0.5) is 11.4 Å². The Labute approximate surface area is 152 Å². The molecular weight excluding hydrogens is 358 g/mol. The molecule has 2 aliphatic rings. The van der Waals surface area contributed by atoms with E-state index in [1.54, 1.807) is 18.2 Å². The lowest BCUT2D eigenvalue weighted by Gasteiger charge is -2.29. The number of hydrogen-bond acceptors (Lipinski definition) is 5. The number of nitrogens with one attached hydrogen (secondary N) is 2. The van der Waals surface area contributed by atoms with Gasteiger partial charge in [-0.15, -0.1) is 0 Å². The topological polar surface area (TPSA) is 105 Å². The van der Waals surface area contributed by atoms with Gasteiger partial charge in [-0.3, -0.25) is 13.9 Å². The third kappa shape index (κ3) is 4.34. The normalized spacial score (nSPS) is 19.7. The van der Waals surface area contributed by atoms with Gasteiger partial charge in [0.2, 0.25) is 10.0 Å². The summed E-state index contributed by atoms with van der Waals surface area (Å²) in [5, 5.41) is 5.08. The molecule has 2 amide bonds. The number of carbonyl (C=O) groups excluding carboxylic acids is 2. The molecule has 142 valence electrons. The lowest BCUT2D eigenvalue weighted by molar-refractivity contribution is -0.136. The smallest absolute Gasteiger partial charge is 0.313 e. The van der Waals surface area contributed by atoms with Crippen molar-refractivity contribution in [2.24, 2.45) is 0 Å². The zero-order valence-electron chi connectivity index (χ0n) is 14.7. The van der Waals surface area contributed by atoms with E-state index in [4.69, 9.17) is 4.74 Å². The molecule has 0 aromatic heterocycles. The van der Waals surface area contributed by atoms with E-state index in [9.17, 15) is 18.0 Å². The lowest BCUT2D eigenvalue weighted by Crippen LogP contribution is -2.39. The number of hydrogen-bond donors (Lipinski definition) is 2. The van der Waals surface area contributed by atoms with E-state index >= 15 is 0 Å². The highest BCUT2D eigenvalue weighted by atomic mass is 32.2. The minimum absolute atomic E-state index is 0.0428. The van der Waals surface area contributed by atoms with Crippen LogP contribution in [0.3, 0.4) is 0 Å². The van der Waals surface area contributed by atoms with E-state index in [1.807, 2.05) is 0 Å². The lowest BCUT2D eigenvalue weighted by atomic mass is 10.0. The maximum absolute atomic E-state index is 12.1. The maximum Gasteiger partial charge on any atom is 0.313 e. The fourth-order valence-corrected chi connectivity index (χ4v) is 4.23. The molecule has 9 heteroatoms. The van der Waals surface area contributed by atoms with Gasteiger partial charge < -0.3 is 15.4 Å². The molecule has 1 atom stereocenters. The van der Waals surface area contributed by atoms with Crippen molar-refractivity contribution >= 4 is 33.2 Å². The summed E-state index contributed by atoms with van der Waals surface area (Å²) < 4.78 is 30.7. The predicted octanol–water partition coefficient (Wildman–Crippen LogP) is 0.632. The van der Waals surface area contributed by atoms with Crippen LogP contribution in [0.25, 0.3) is 0 Å². The quantitative estimate of drug-likeness (QED) is 0.745. The molecule has 0 spiro atoms. The molecular formula is C17H23N3O5S. The van der Waals surface area contributed by atoms with Crippen LogP contribution in [-0.4, -0.2) is 52.3 Å². The summed E-state index contributed by atoms with van der Waals surface area (Å²) in [7, 11) is -3.39. The molecule has 0 aliphatic carbocycles. The molecule has 26 heavy (non-hydrogen) atoms. The number of aryl methyl sites for hydroxylation is 1. The molecule has 1 aromatic carbocycles. The van der Waals surface area contributed by atoms with Crippen molar-refractivity contribution in [2.75, 3.05) is 35.6 Å². The molecule has 2 heterocycles. The second kappa shape index (κ2) is 7.63. The number of amides is 2. The molecule has 1 aromatic rings. The van der Waals surface area contributed by atoms with Crippen LogP contribution in [-0.2, 0) is 30.8 Å². The van der Waals surface area contributed by atoms with Gasteiger partial charge in [-0.05, 0) is 43.4 Å². The fourth-order valence-electron chi connectivity index (χ4n) is 3.24. The van der Waals surface area contributed by atoms with E-state index in [0.717, 1.165) is 37.5 Å². The van der Waals surface area contributed by atoms with Crippen molar-refractivity contribution in [3.63, 3.8) is 0 Å². The second-order valence-electron chi connectivity index (χ2n) is 6.58. The Bertz CT molecular complexity index is 803. The number of carbonyl (C=O) groups is 2. The van der Waals surface area contributed by atoms with Crippen molar-refractivity contribution in [3.05, 3.63) is 23.8 Å². The molecule has 1 fully saturated rings. The molecule has 1 saturated heterocycles. The first-order chi connectivity index (χ1) is 12.3. The molecule has 3 rings (SSSR count). The first-order valence-electron chi connectivity index (χ1n) is 8.66. The Kier molecular flexibility index (Phi) is 5.47. The van der Waals surface area contributed by atoms with Gasteiger partial charge in [0.05, 0.1) is 18.0 Å². The van der Waals surface area contributed by atoms with Crippen LogP contribution in [0.2, 0.25) is 0 Å². The Hall–Kier alpha value is -2.13. The van der Waals surface area contributed by atoms with Crippen LogP contribution >= 0.6 is 0 Å². The van der Waals surface area contributed by atoms with Crippen LogP contribution < -0.4 is 14.9 Å². The molecule has 0 saturated carbocycles. The van der Waals surface area contributed by atoms with Crippen LogP contribution in [0, 0.1) is 0 Å². The first-order valence-corrected chi connectivity index (χ1v) is 10.5. The summed E-state index contributed by atoms with van der Waals surface area (Å²) in [4.78, 5) is 24.0. The molecule has 2 N–H and O–H groups in total. The van der Waals surface area contributed by atoms with Gasteiger partial charge in [-0.2, -0.15) is 0 Å². The van der Waals surface area contributed by atoms with Gasteiger partial charge in [0.1, 0.15) is 0 Å². The van der Waals surface area contributed by atoms with Gasteiger partial charge in [-0.1, -0.05) is 6.07 Å². The summed E-state index contributed by atoms with van der Waals surface area (Å²) in [6, 6.07) is 5.06. The van der Waals surface area contributed by atoms with E-state index in [0.29, 0.717) is 31.1 Å². The monoisotopic (exact) mass is 381 g/mol. The minimum atomic E-state index is -3.39. The second-order valence-corrected chi connectivity index (χ2v) is 8.49. The number of fused-ring (bicyclic) bond motifs is 1. The third-order valence-electron chi connectivity index (χ3n) is 4.54. The minimum Gasteiger partial charge on any atom is -0.376 e. The van der Waals surface area contributed by atoms with E-state index in [-0.39, 0.29) is 6.10 Å². The zero-order valence-corrected chi connectivity index (χ0v) is 15.5. The first kappa shape index (κ1) is 18.7. The van der Waals surface area contributed by atoms with Gasteiger partial charge in [0.15, 0.2) is 0 Å². The summed E-state index contributed by atoms with van der Waals surface area (Å²) in [6.45, 7) is 1.39. The molecule has 0 radical (unpaired) electrons. The van der Waals surface area contributed by atoms with Gasteiger partial charge in [0, 0.05) is 25.4 Å².